The molecule has 2 aromatic heterocycles. The van der Waals surface area contributed by atoms with Gasteiger partial charge in [0, 0.05) is 27.8 Å². The van der Waals surface area contributed by atoms with Gasteiger partial charge in [-0.25, -0.2) is 9.37 Å². The number of imidazole rings is 1. The number of hydrogen-bond acceptors (Lipinski definition) is 2. The second kappa shape index (κ2) is 6.66. The molecule has 1 saturated carbocycles. The predicted molar refractivity (Wildman–Crippen MR) is 118 cm³/mol. The van der Waals surface area contributed by atoms with Crippen molar-refractivity contribution in [2.45, 2.75) is 52.0 Å². The van der Waals surface area contributed by atoms with Gasteiger partial charge < -0.3 is 4.57 Å². The molecule has 1 aromatic carbocycles. The van der Waals surface area contributed by atoms with Gasteiger partial charge in [0.2, 0.25) is 0 Å². The van der Waals surface area contributed by atoms with Crippen LogP contribution in [0.5, 0.6) is 0 Å². The SMILES string of the molecule is CC(C)(c1cccs1)[C@H]1CCCC2=Cc3c(-c4ccc(F)cc4)ncn3C[C@@]21C. The molecule has 0 radical (unpaired) electrons. The molecule has 2 atom stereocenters. The number of thiophene rings is 1. The molecule has 3 heterocycles. The van der Waals surface area contributed by atoms with Crippen LogP contribution >= 0.6 is 11.3 Å². The van der Waals surface area contributed by atoms with Crippen molar-refractivity contribution < 1.29 is 4.39 Å². The molecular weight excluding hydrogens is 379 g/mol. The van der Waals surface area contributed by atoms with Gasteiger partial charge in [0.15, 0.2) is 0 Å². The zero-order valence-electron chi connectivity index (χ0n) is 17.3. The number of halogens is 1. The summed E-state index contributed by atoms with van der Waals surface area (Å²) in [6.45, 7) is 8.26. The molecule has 1 aliphatic heterocycles. The first kappa shape index (κ1) is 18.8. The monoisotopic (exact) mass is 406 g/mol. The van der Waals surface area contributed by atoms with E-state index in [1.54, 1.807) is 5.57 Å². The molecule has 0 saturated heterocycles. The van der Waals surface area contributed by atoms with E-state index in [1.807, 2.05) is 29.8 Å². The lowest BCUT2D eigenvalue weighted by Gasteiger charge is -2.52. The first-order valence-corrected chi connectivity index (χ1v) is 11.3. The third-order valence-electron chi connectivity index (χ3n) is 7.27. The molecule has 150 valence electrons. The van der Waals surface area contributed by atoms with Crippen LogP contribution in [0.15, 0.2) is 53.7 Å². The van der Waals surface area contributed by atoms with E-state index in [2.05, 4.69) is 48.9 Å². The standard InChI is InChI=1S/C25H27FN2S/c1-24(2,22-8-5-13-29-22)21-7-4-6-18-14-20-23(17-9-11-19(26)12-10-17)27-16-28(20)15-25(18,21)3/h5,8-14,16,21H,4,6-7,15H2,1-3H3/t21-,25+/m1/s1. The average Bonchev–Trinajstić information content (AvgIpc) is 3.36. The summed E-state index contributed by atoms with van der Waals surface area (Å²) < 4.78 is 15.7. The number of allylic oxidation sites excluding steroid dienone is 1. The first-order chi connectivity index (χ1) is 13.9. The van der Waals surface area contributed by atoms with Gasteiger partial charge in [0.1, 0.15) is 5.82 Å². The van der Waals surface area contributed by atoms with Crippen LogP contribution in [-0.4, -0.2) is 9.55 Å². The maximum absolute atomic E-state index is 13.4. The Kier molecular flexibility index (Phi) is 4.32. The van der Waals surface area contributed by atoms with E-state index < -0.39 is 0 Å². The average molecular weight is 407 g/mol. The Morgan fingerprint density at radius 3 is 2.72 bits per heavy atom. The second-order valence-corrected chi connectivity index (χ2v) is 10.3. The molecule has 1 fully saturated rings. The van der Waals surface area contributed by atoms with E-state index in [-0.39, 0.29) is 16.6 Å². The van der Waals surface area contributed by atoms with E-state index in [4.69, 9.17) is 4.98 Å². The van der Waals surface area contributed by atoms with Crippen molar-refractivity contribution in [2.24, 2.45) is 11.3 Å². The van der Waals surface area contributed by atoms with Crippen molar-refractivity contribution in [3.8, 4) is 11.3 Å². The third kappa shape index (κ3) is 2.92. The highest BCUT2D eigenvalue weighted by Gasteiger charge is 2.50. The van der Waals surface area contributed by atoms with Crippen LogP contribution < -0.4 is 0 Å². The van der Waals surface area contributed by atoms with E-state index in [0.29, 0.717) is 5.92 Å². The minimum atomic E-state index is -0.210. The van der Waals surface area contributed by atoms with Crippen LogP contribution in [-0.2, 0) is 12.0 Å². The fourth-order valence-corrected chi connectivity index (χ4v) is 6.67. The van der Waals surface area contributed by atoms with Gasteiger partial charge in [-0.15, -0.1) is 11.3 Å². The summed E-state index contributed by atoms with van der Waals surface area (Å²) in [5.41, 5.74) is 4.92. The van der Waals surface area contributed by atoms with E-state index in [9.17, 15) is 4.39 Å². The summed E-state index contributed by atoms with van der Waals surface area (Å²) >= 11 is 1.88. The Labute approximate surface area is 176 Å². The van der Waals surface area contributed by atoms with Crippen LogP contribution in [0.25, 0.3) is 17.3 Å². The molecule has 2 nitrogen and oxygen atoms in total. The quantitative estimate of drug-likeness (QED) is 0.461. The Balaban J connectivity index is 1.56. The van der Waals surface area contributed by atoms with Gasteiger partial charge >= 0.3 is 0 Å². The van der Waals surface area contributed by atoms with Crippen LogP contribution in [0.1, 0.15) is 50.6 Å². The van der Waals surface area contributed by atoms with Gasteiger partial charge in [-0.1, -0.05) is 32.4 Å². The highest BCUT2D eigenvalue weighted by atomic mass is 32.1. The van der Waals surface area contributed by atoms with Gasteiger partial charge in [-0.2, -0.15) is 0 Å². The lowest BCUT2D eigenvalue weighted by molar-refractivity contribution is 0.0885. The maximum atomic E-state index is 13.4. The van der Waals surface area contributed by atoms with Crippen molar-refractivity contribution in [1.82, 2.24) is 9.55 Å². The summed E-state index contributed by atoms with van der Waals surface area (Å²) in [4.78, 5) is 6.20. The molecule has 3 aromatic rings. The number of nitrogens with zero attached hydrogens (tertiary/aromatic N) is 2. The van der Waals surface area contributed by atoms with Crippen molar-refractivity contribution in [2.75, 3.05) is 0 Å². The molecule has 1 aliphatic carbocycles. The maximum Gasteiger partial charge on any atom is 0.123 e. The minimum absolute atomic E-state index is 0.125. The molecule has 0 amide bonds. The topological polar surface area (TPSA) is 17.8 Å². The van der Waals surface area contributed by atoms with E-state index in [0.717, 1.165) is 24.2 Å². The number of fused-ring (bicyclic) bond motifs is 2. The van der Waals surface area contributed by atoms with Crippen LogP contribution in [0.2, 0.25) is 0 Å². The smallest absolute Gasteiger partial charge is 0.123 e. The molecular formula is C25H27FN2S. The van der Waals surface area contributed by atoms with E-state index >= 15 is 0 Å². The van der Waals surface area contributed by atoms with E-state index in [1.165, 1.54) is 35.5 Å². The Morgan fingerprint density at radius 2 is 2.00 bits per heavy atom. The van der Waals surface area contributed by atoms with Gasteiger partial charge in [0.25, 0.3) is 0 Å². The molecule has 0 spiro atoms. The summed E-state index contributed by atoms with van der Waals surface area (Å²) in [6, 6.07) is 11.2. The Hall–Kier alpha value is -2.20. The molecule has 0 unspecified atom stereocenters. The summed E-state index contributed by atoms with van der Waals surface area (Å²) in [7, 11) is 0. The van der Waals surface area contributed by atoms with Crippen molar-refractivity contribution in [3.63, 3.8) is 0 Å². The fraction of sp³-hybridized carbons (Fsp3) is 0.400. The predicted octanol–water partition coefficient (Wildman–Crippen LogP) is 6.93. The van der Waals surface area contributed by atoms with Gasteiger partial charge in [-0.05, 0) is 67.0 Å². The number of benzene rings is 1. The van der Waals surface area contributed by atoms with Crippen LogP contribution in [0, 0.1) is 17.2 Å². The van der Waals surface area contributed by atoms with Crippen molar-refractivity contribution >= 4 is 17.4 Å². The number of hydrogen-bond donors (Lipinski definition) is 0. The largest absolute Gasteiger partial charge is 0.330 e. The van der Waals surface area contributed by atoms with Crippen molar-refractivity contribution in [1.29, 1.82) is 0 Å². The lowest BCUT2D eigenvalue weighted by Crippen LogP contribution is -2.47. The Morgan fingerprint density at radius 1 is 1.21 bits per heavy atom. The molecule has 0 N–H and O–H groups in total. The third-order valence-corrected chi connectivity index (χ3v) is 8.48. The van der Waals surface area contributed by atoms with Crippen molar-refractivity contribution in [3.05, 3.63) is 70.1 Å². The number of rotatable bonds is 3. The van der Waals surface area contributed by atoms with Crippen LogP contribution in [0.3, 0.4) is 0 Å². The van der Waals surface area contributed by atoms with Gasteiger partial charge in [-0.3, -0.25) is 0 Å². The van der Waals surface area contributed by atoms with Gasteiger partial charge in [0.05, 0.1) is 17.7 Å². The molecule has 4 heteroatoms. The minimum Gasteiger partial charge on any atom is -0.330 e. The summed E-state index contributed by atoms with van der Waals surface area (Å²) in [5, 5.41) is 2.20. The molecule has 2 aliphatic rings. The van der Waals surface area contributed by atoms with Crippen LogP contribution in [0.4, 0.5) is 4.39 Å². The zero-order chi connectivity index (χ0) is 20.2. The molecule has 5 rings (SSSR count). The normalized spacial score (nSPS) is 24.0. The summed E-state index contributed by atoms with van der Waals surface area (Å²) in [5.74, 6) is 0.372. The fourth-order valence-electron chi connectivity index (χ4n) is 5.77. The second-order valence-electron chi connectivity index (χ2n) is 9.34. The Bertz CT molecular complexity index is 1060. The molecule has 29 heavy (non-hydrogen) atoms. The highest BCUT2D eigenvalue weighted by molar-refractivity contribution is 7.10. The first-order valence-electron chi connectivity index (χ1n) is 10.5. The molecule has 0 bridgehead atoms. The highest BCUT2D eigenvalue weighted by Crippen LogP contribution is 2.56. The summed E-state index contributed by atoms with van der Waals surface area (Å²) in [6.07, 6.45) is 8.00. The lowest BCUT2D eigenvalue weighted by atomic mass is 9.54. The number of aromatic nitrogens is 2. The zero-order valence-corrected chi connectivity index (χ0v) is 18.1.